The highest BCUT2D eigenvalue weighted by Gasteiger charge is 2.27. The molecule has 142 valence electrons. The van der Waals surface area contributed by atoms with Crippen molar-refractivity contribution in [2.24, 2.45) is 0 Å². The van der Waals surface area contributed by atoms with Crippen molar-refractivity contribution in [2.75, 3.05) is 19.6 Å². The first-order chi connectivity index (χ1) is 13.1. The lowest BCUT2D eigenvalue weighted by Crippen LogP contribution is -2.38. The van der Waals surface area contributed by atoms with Crippen molar-refractivity contribution in [3.8, 4) is 0 Å². The van der Waals surface area contributed by atoms with Gasteiger partial charge in [-0.3, -0.25) is 14.3 Å². The Hall–Kier alpha value is -2.67. The summed E-state index contributed by atoms with van der Waals surface area (Å²) in [6.07, 6.45) is 1.55. The van der Waals surface area contributed by atoms with Crippen LogP contribution in [-0.4, -0.2) is 51.3 Å². The number of carboxylic acid groups (broad SMARTS) is 1. The number of aryl methyl sites for hydroxylation is 1. The first-order valence-electron chi connectivity index (χ1n) is 9.48. The number of rotatable bonds is 5. The number of benzene rings is 1. The summed E-state index contributed by atoms with van der Waals surface area (Å²) in [6, 6.07) is 9.86. The van der Waals surface area contributed by atoms with Crippen LogP contribution in [0, 0.1) is 0 Å². The maximum absolute atomic E-state index is 13.2. The molecule has 1 fully saturated rings. The summed E-state index contributed by atoms with van der Waals surface area (Å²) in [5.74, 6) is -0.365. The van der Waals surface area contributed by atoms with Crippen LogP contribution in [0.15, 0.2) is 30.3 Å². The van der Waals surface area contributed by atoms with Crippen molar-refractivity contribution in [1.82, 2.24) is 20.0 Å². The molecule has 2 aliphatic heterocycles. The normalized spacial score (nSPS) is 19.1. The van der Waals surface area contributed by atoms with Crippen molar-refractivity contribution in [2.45, 2.75) is 38.3 Å². The second-order valence-electron chi connectivity index (χ2n) is 7.25. The maximum Gasteiger partial charge on any atom is 0.303 e. The number of carbonyl (C=O) groups is 2. The minimum absolute atomic E-state index is 0.0667. The molecule has 0 bridgehead atoms. The molecule has 0 unspecified atom stereocenters. The van der Waals surface area contributed by atoms with Crippen molar-refractivity contribution in [3.63, 3.8) is 0 Å². The molecule has 7 heteroatoms. The lowest BCUT2D eigenvalue weighted by atomic mass is 9.93. The van der Waals surface area contributed by atoms with Crippen molar-refractivity contribution >= 4 is 11.9 Å². The molecular weight excluding hydrogens is 344 g/mol. The fourth-order valence-electron chi connectivity index (χ4n) is 3.99. The number of nitrogens with zero attached hydrogens (tertiary/aromatic N) is 3. The summed E-state index contributed by atoms with van der Waals surface area (Å²) in [5.41, 5.74) is 3.67. The van der Waals surface area contributed by atoms with Gasteiger partial charge in [-0.15, -0.1) is 0 Å². The molecule has 4 rings (SSSR count). The highest BCUT2D eigenvalue weighted by atomic mass is 16.4. The molecule has 1 aromatic heterocycles. The average molecular weight is 368 g/mol. The summed E-state index contributed by atoms with van der Waals surface area (Å²) in [4.78, 5) is 25.8. The van der Waals surface area contributed by atoms with E-state index in [9.17, 15) is 9.59 Å². The molecule has 0 saturated carbocycles. The molecule has 1 amide bonds. The molecule has 1 aromatic carbocycles. The summed E-state index contributed by atoms with van der Waals surface area (Å²) in [7, 11) is 0. The highest BCUT2D eigenvalue weighted by molar-refractivity contribution is 5.96. The smallest absolute Gasteiger partial charge is 0.303 e. The van der Waals surface area contributed by atoms with E-state index in [2.05, 4.69) is 16.5 Å². The topological polar surface area (TPSA) is 87.5 Å². The Bertz CT molecular complexity index is 855. The standard InChI is InChI=1S/C20H24N4O3/c25-19(26)6-5-15-11-16-13-23(9-10-24(16)22-15)20(27)18-4-2-1-3-17(18)14-7-8-21-12-14/h1-4,11,14,21H,5-10,12-13H2,(H,25,26)/t14-/m0/s1. The number of hydrogen-bond acceptors (Lipinski definition) is 4. The number of nitrogens with one attached hydrogen (secondary N) is 1. The molecule has 0 aliphatic carbocycles. The predicted molar refractivity (Wildman–Crippen MR) is 99.6 cm³/mol. The van der Waals surface area contributed by atoms with Crippen LogP contribution in [0.3, 0.4) is 0 Å². The van der Waals surface area contributed by atoms with Gasteiger partial charge in [0.25, 0.3) is 5.91 Å². The summed E-state index contributed by atoms with van der Waals surface area (Å²) in [5, 5.41) is 16.7. The Morgan fingerprint density at radius 2 is 2.11 bits per heavy atom. The molecule has 3 heterocycles. The SMILES string of the molecule is O=C(O)CCc1cc2n(n1)CCN(C(=O)c1ccccc1[C@H]1CCNC1)C2. The van der Waals surface area contributed by atoms with Crippen LogP contribution in [0.25, 0.3) is 0 Å². The Morgan fingerprint density at radius 1 is 1.26 bits per heavy atom. The quantitative estimate of drug-likeness (QED) is 0.838. The van der Waals surface area contributed by atoms with E-state index in [0.29, 0.717) is 32.0 Å². The van der Waals surface area contributed by atoms with Crippen LogP contribution in [0.5, 0.6) is 0 Å². The van der Waals surface area contributed by atoms with E-state index in [-0.39, 0.29) is 12.3 Å². The molecule has 2 N–H and O–H groups in total. The number of amides is 1. The van der Waals surface area contributed by atoms with Gasteiger partial charge in [0.2, 0.25) is 0 Å². The Morgan fingerprint density at radius 3 is 2.89 bits per heavy atom. The number of carboxylic acids is 1. The summed E-state index contributed by atoms with van der Waals surface area (Å²) >= 11 is 0. The monoisotopic (exact) mass is 368 g/mol. The number of fused-ring (bicyclic) bond motifs is 1. The average Bonchev–Trinajstić information content (AvgIpc) is 3.34. The molecule has 27 heavy (non-hydrogen) atoms. The maximum atomic E-state index is 13.2. The zero-order chi connectivity index (χ0) is 18.8. The molecule has 1 saturated heterocycles. The first kappa shape index (κ1) is 17.7. The van der Waals surface area contributed by atoms with Crippen LogP contribution in [0.1, 0.15) is 46.1 Å². The molecule has 0 radical (unpaired) electrons. The van der Waals surface area contributed by atoms with E-state index in [4.69, 9.17) is 5.11 Å². The largest absolute Gasteiger partial charge is 0.481 e. The van der Waals surface area contributed by atoms with Gasteiger partial charge in [0.1, 0.15) is 0 Å². The van der Waals surface area contributed by atoms with E-state index in [1.807, 2.05) is 33.8 Å². The van der Waals surface area contributed by atoms with Crippen LogP contribution in [-0.2, 0) is 24.3 Å². The number of aromatic nitrogens is 2. The Kier molecular flexibility index (Phi) is 4.94. The van der Waals surface area contributed by atoms with Crippen LogP contribution < -0.4 is 5.32 Å². The fraction of sp³-hybridized carbons (Fsp3) is 0.450. The van der Waals surface area contributed by atoms with Crippen molar-refractivity contribution in [1.29, 1.82) is 0 Å². The van der Waals surface area contributed by atoms with Crippen molar-refractivity contribution < 1.29 is 14.7 Å². The lowest BCUT2D eigenvalue weighted by Gasteiger charge is -2.29. The first-order valence-corrected chi connectivity index (χ1v) is 9.48. The molecule has 2 aromatic rings. The van der Waals surface area contributed by atoms with Gasteiger partial charge in [0.05, 0.1) is 30.9 Å². The second kappa shape index (κ2) is 7.52. The minimum atomic E-state index is -0.823. The van der Waals surface area contributed by atoms with Gasteiger partial charge in [-0.25, -0.2) is 0 Å². The second-order valence-corrected chi connectivity index (χ2v) is 7.25. The Labute approximate surface area is 158 Å². The highest BCUT2D eigenvalue weighted by Crippen LogP contribution is 2.27. The van der Waals surface area contributed by atoms with E-state index in [1.54, 1.807) is 0 Å². The van der Waals surface area contributed by atoms with E-state index in [1.165, 1.54) is 0 Å². The van der Waals surface area contributed by atoms with Gasteiger partial charge < -0.3 is 15.3 Å². The van der Waals surface area contributed by atoms with Gasteiger partial charge in [-0.2, -0.15) is 5.10 Å². The third-order valence-electron chi connectivity index (χ3n) is 5.42. The van der Waals surface area contributed by atoms with Gasteiger partial charge in [-0.1, -0.05) is 18.2 Å². The summed E-state index contributed by atoms with van der Waals surface area (Å²) in [6.45, 7) is 3.68. The van der Waals surface area contributed by atoms with E-state index in [0.717, 1.165) is 42.0 Å². The molecule has 1 atom stereocenters. The van der Waals surface area contributed by atoms with Gasteiger partial charge in [-0.05, 0) is 36.6 Å². The van der Waals surface area contributed by atoms with Gasteiger partial charge >= 0.3 is 5.97 Å². The van der Waals surface area contributed by atoms with Crippen molar-refractivity contribution in [3.05, 3.63) is 52.8 Å². The van der Waals surface area contributed by atoms with Gasteiger partial charge in [0.15, 0.2) is 0 Å². The number of hydrogen-bond donors (Lipinski definition) is 2. The van der Waals surface area contributed by atoms with E-state index < -0.39 is 5.97 Å². The zero-order valence-electron chi connectivity index (χ0n) is 15.2. The fourth-order valence-corrected chi connectivity index (χ4v) is 3.99. The lowest BCUT2D eigenvalue weighted by molar-refractivity contribution is -0.136. The number of carbonyl (C=O) groups excluding carboxylic acids is 1. The van der Waals surface area contributed by atoms with Crippen LogP contribution >= 0.6 is 0 Å². The third-order valence-corrected chi connectivity index (χ3v) is 5.42. The Balaban J connectivity index is 1.51. The summed E-state index contributed by atoms with van der Waals surface area (Å²) < 4.78 is 1.90. The van der Waals surface area contributed by atoms with Crippen LogP contribution in [0.2, 0.25) is 0 Å². The molecule has 2 aliphatic rings. The van der Waals surface area contributed by atoms with Gasteiger partial charge in [0, 0.05) is 25.1 Å². The predicted octanol–water partition coefficient (Wildman–Crippen LogP) is 1.63. The minimum Gasteiger partial charge on any atom is -0.481 e. The molecule has 0 spiro atoms. The van der Waals surface area contributed by atoms with E-state index >= 15 is 0 Å². The molecule has 7 nitrogen and oxygen atoms in total. The molecular formula is C20H24N4O3. The number of aliphatic carboxylic acids is 1. The third kappa shape index (κ3) is 3.73. The van der Waals surface area contributed by atoms with Crippen LogP contribution in [0.4, 0.5) is 0 Å². The zero-order valence-corrected chi connectivity index (χ0v) is 15.2.